The van der Waals surface area contributed by atoms with Crippen molar-refractivity contribution in [1.29, 1.82) is 0 Å². The molecule has 0 spiro atoms. The van der Waals surface area contributed by atoms with Gasteiger partial charge in [-0.3, -0.25) is 4.98 Å². The highest BCUT2D eigenvalue weighted by atomic mass is 32.1. The van der Waals surface area contributed by atoms with Crippen LogP contribution in [0.1, 0.15) is 0 Å². The Balaban J connectivity index is 1.10. The second kappa shape index (κ2) is 12.7. The molecule has 0 N–H and O–H groups in total. The quantitative estimate of drug-likeness (QED) is 0.164. The van der Waals surface area contributed by atoms with Crippen molar-refractivity contribution in [2.24, 2.45) is 0 Å². The van der Waals surface area contributed by atoms with Gasteiger partial charge in [-0.1, -0.05) is 176 Å². The van der Waals surface area contributed by atoms with E-state index in [0.29, 0.717) is 0 Å². The third kappa shape index (κ3) is 4.91. The Morgan fingerprint density at radius 3 is 1.40 bits per heavy atom. The Morgan fingerprint density at radius 2 is 0.807 bits per heavy atom. The molecule has 0 unspecified atom stereocenters. The molecule has 57 heavy (non-hydrogen) atoms. The summed E-state index contributed by atoms with van der Waals surface area (Å²) in [5.74, 6) is 0. The second-order valence-corrected chi connectivity index (χ2v) is 16.0. The lowest BCUT2D eigenvalue weighted by Gasteiger charge is -2.18. The largest absolute Gasteiger partial charge is 0.256 e. The smallest absolute Gasteiger partial charge is 0.0708 e. The normalized spacial score (nSPS) is 11.9. The fraction of sp³-hybridized carbons (Fsp3) is 0. The number of rotatable bonds is 4. The molecule has 2 heteroatoms. The summed E-state index contributed by atoms with van der Waals surface area (Å²) in [5, 5.41) is 13.9. The summed E-state index contributed by atoms with van der Waals surface area (Å²) in [5.41, 5.74) is 11.1. The van der Waals surface area contributed by atoms with Crippen molar-refractivity contribution < 1.29 is 0 Å². The summed E-state index contributed by atoms with van der Waals surface area (Å²) >= 11 is 1.91. The standard InChI is InChI=1S/C55H33NS/c1-2-14-35(15-3-1)51-43-21-8-10-23-45(43)54(46-24-11-9-22-44(46)51)48-26-12-25-47-38-30-29-37(33-50(38)57-55(47)48)53-41-19-6-4-17-39(41)52(40-18-5-7-20-42(40)53)36-28-27-34-16-13-31-56-49(34)32-36/h1-33H. The van der Waals surface area contributed by atoms with Gasteiger partial charge in [0.05, 0.1) is 5.52 Å². The van der Waals surface area contributed by atoms with E-state index in [2.05, 4.69) is 188 Å². The Kier molecular flexibility index (Phi) is 7.17. The molecule has 0 amide bonds. The van der Waals surface area contributed by atoms with Crippen LogP contribution in [-0.4, -0.2) is 4.98 Å². The van der Waals surface area contributed by atoms with Crippen LogP contribution in [0.4, 0.5) is 0 Å². The molecule has 0 bridgehead atoms. The summed E-state index contributed by atoms with van der Waals surface area (Å²) in [6.45, 7) is 0. The monoisotopic (exact) mass is 739 g/mol. The zero-order valence-electron chi connectivity index (χ0n) is 30.9. The maximum atomic E-state index is 4.71. The van der Waals surface area contributed by atoms with Crippen LogP contribution in [0.5, 0.6) is 0 Å². The van der Waals surface area contributed by atoms with E-state index in [1.54, 1.807) is 0 Å². The van der Waals surface area contributed by atoms with Crippen LogP contribution < -0.4 is 0 Å². The fourth-order valence-electron chi connectivity index (χ4n) is 9.46. The highest BCUT2D eigenvalue weighted by Crippen LogP contribution is 2.49. The van der Waals surface area contributed by atoms with Gasteiger partial charge in [-0.25, -0.2) is 0 Å². The minimum Gasteiger partial charge on any atom is -0.256 e. The van der Waals surface area contributed by atoms with Gasteiger partial charge in [0.1, 0.15) is 0 Å². The molecule has 10 aromatic carbocycles. The first-order valence-corrected chi connectivity index (χ1v) is 20.4. The number of hydrogen-bond acceptors (Lipinski definition) is 2. The van der Waals surface area contributed by atoms with Crippen molar-refractivity contribution in [1.82, 2.24) is 4.98 Å². The highest BCUT2D eigenvalue weighted by molar-refractivity contribution is 7.26. The Hall–Kier alpha value is -7.13. The summed E-state index contributed by atoms with van der Waals surface area (Å²) in [7, 11) is 0. The van der Waals surface area contributed by atoms with E-state index in [1.165, 1.54) is 108 Å². The van der Waals surface area contributed by atoms with E-state index in [-0.39, 0.29) is 0 Å². The number of fused-ring (bicyclic) bond motifs is 8. The molecule has 0 aliphatic heterocycles. The fourth-order valence-corrected chi connectivity index (χ4v) is 10.7. The van der Waals surface area contributed by atoms with Crippen LogP contribution in [0.2, 0.25) is 0 Å². The van der Waals surface area contributed by atoms with E-state index in [0.717, 1.165) is 10.9 Å². The summed E-state index contributed by atoms with van der Waals surface area (Å²) in [4.78, 5) is 4.71. The average molecular weight is 740 g/mol. The first-order chi connectivity index (χ1) is 28.3. The molecule has 0 aliphatic rings. The van der Waals surface area contributed by atoms with Crippen LogP contribution >= 0.6 is 11.3 Å². The van der Waals surface area contributed by atoms with Gasteiger partial charge < -0.3 is 0 Å². The second-order valence-electron chi connectivity index (χ2n) is 15.0. The topological polar surface area (TPSA) is 12.9 Å². The van der Waals surface area contributed by atoms with E-state index < -0.39 is 0 Å². The summed E-state index contributed by atoms with van der Waals surface area (Å²) in [6, 6.07) is 71.4. The molecule has 12 rings (SSSR count). The lowest BCUT2D eigenvalue weighted by Crippen LogP contribution is -1.91. The van der Waals surface area contributed by atoms with Gasteiger partial charge in [-0.15, -0.1) is 11.3 Å². The maximum absolute atomic E-state index is 4.71. The van der Waals surface area contributed by atoms with Crippen LogP contribution in [-0.2, 0) is 0 Å². The van der Waals surface area contributed by atoms with Crippen molar-refractivity contribution in [3.8, 4) is 44.5 Å². The number of aromatic nitrogens is 1. The first-order valence-electron chi connectivity index (χ1n) is 19.5. The van der Waals surface area contributed by atoms with E-state index in [1.807, 2.05) is 23.6 Å². The van der Waals surface area contributed by atoms with Crippen molar-refractivity contribution in [2.75, 3.05) is 0 Å². The average Bonchev–Trinajstić information content (AvgIpc) is 3.66. The molecular weight excluding hydrogens is 707 g/mol. The number of nitrogens with zero attached hydrogens (tertiary/aromatic N) is 1. The van der Waals surface area contributed by atoms with Crippen LogP contribution in [0.15, 0.2) is 200 Å². The van der Waals surface area contributed by atoms with Crippen molar-refractivity contribution >= 4 is 85.5 Å². The minimum absolute atomic E-state index is 1.01. The number of hydrogen-bond donors (Lipinski definition) is 0. The highest BCUT2D eigenvalue weighted by Gasteiger charge is 2.21. The molecule has 264 valence electrons. The van der Waals surface area contributed by atoms with Crippen LogP contribution in [0.3, 0.4) is 0 Å². The van der Waals surface area contributed by atoms with Crippen molar-refractivity contribution in [3.05, 3.63) is 200 Å². The third-order valence-electron chi connectivity index (χ3n) is 11.9. The zero-order valence-corrected chi connectivity index (χ0v) is 31.7. The predicted molar refractivity (Wildman–Crippen MR) is 246 cm³/mol. The number of thiophene rings is 1. The molecule has 0 radical (unpaired) electrons. The SMILES string of the molecule is c1ccc(-c2c3ccccc3c(-c3cccc4c3sc3cc(-c5c6ccccc6c(-c6ccc7cccnc7c6)c6ccccc56)ccc34)c3ccccc23)cc1. The van der Waals surface area contributed by atoms with E-state index >= 15 is 0 Å². The predicted octanol–water partition coefficient (Wildman–Crippen LogP) is 15.9. The lowest BCUT2D eigenvalue weighted by molar-refractivity contribution is 1.41. The summed E-state index contributed by atoms with van der Waals surface area (Å²) < 4.78 is 2.62. The third-order valence-corrected chi connectivity index (χ3v) is 13.1. The van der Waals surface area contributed by atoms with Gasteiger partial charge in [0.2, 0.25) is 0 Å². The van der Waals surface area contributed by atoms with Crippen LogP contribution in [0.25, 0.3) is 119 Å². The molecule has 0 atom stereocenters. The van der Waals surface area contributed by atoms with E-state index in [9.17, 15) is 0 Å². The Labute approximate surface area is 333 Å². The van der Waals surface area contributed by atoms with Gasteiger partial charge in [-0.2, -0.15) is 0 Å². The Morgan fingerprint density at radius 1 is 0.316 bits per heavy atom. The van der Waals surface area contributed by atoms with Gasteiger partial charge in [-0.05, 0) is 100 Å². The van der Waals surface area contributed by atoms with Crippen molar-refractivity contribution in [2.45, 2.75) is 0 Å². The molecule has 2 heterocycles. The van der Waals surface area contributed by atoms with Crippen LogP contribution in [0, 0.1) is 0 Å². The Bertz CT molecular complexity index is 3460. The van der Waals surface area contributed by atoms with Gasteiger partial charge in [0.15, 0.2) is 0 Å². The molecule has 12 aromatic rings. The molecular formula is C55H33NS. The van der Waals surface area contributed by atoms with Gasteiger partial charge in [0, 0.05) is 37.3 Å². The molecule has 0 saturated carbocycles. The summed E-state index contributed by atoms with van der Waals surface area (Å²) in [6.07, 6.45) is 1.88. The minimum atomic E-state index is 1.01. The maximum Gasteiger partial charge on any atom is 0.0708 e. The molecule has 0 fully saturated rings. The molecule has 2 aromatic heterocycles. The van der Waals surface area contributed by atoms with Crippen molar-refractivity contribution in [3.63, 3.8) is 0 Å². The first kappa shape index (κ1) is 32.1. The molecule has 0 saturated heterocycles. The molecule has 1 nitrogen and oxygen atoms in total. The molecule has 0 aliphatic carbocycles. The van der Waals surface area contributed by atoms with E-state index in [4.69, 9.17) is 4.98 Å². The van der Waals surface area contributed by atoms with Gasteiger partial charge >= 0.3 is 0 Å². The number of benzene rings is 10. The zero-order chi connectivity index (χ0) is 37.5. The lowest BCUT2D eigenvalue weighted by atomic mass is 9.85. The number of pyridine rings is 1. The van der Waals surface area contributed by atoms with Gasteiger partial charge in [0.25, 0.3) is 0 Å².